The average Bonchev–Trinajstić information content (AvgIpc) is 2.29. The molecule has 0 saturated heterocycles. The largest absolute Gasteiger partial charge is 0.348 e. The molecule has 0 heterocycles. The minimum absolute atomic E-state index is 0.0821. The maximum Gasteiger partial charge on any atom is 0.243 e. The van der Waals surface area contributed by atoms with Crippen molar-refractivity contribution in [1.29, 1.82) is 0 Å². The van der Waals surface area contributed by atoms with Crippen LogP contribution in [0.3, 0.4) is 0 Å². The number of halogens is 1. The van der Waals surface area contributed by atoms with Gasteiger partial charge < -0.3 is 5.32 Å². The van der Waals surface area contributed by atoms with Crippen molar-refractivity contribution in [1.82, 2.24) is 5.32 Å². The zero-order valence-corrected chi connectivity index (χ0v) is 11.5. The van der Waals surface area contributed by atoms with E-state index in [0.717, 1.165) is 12.3 Å². The monoisotopic (exact) mass is 286 g/mol. The van der Waals surface area contributed by atoms with E-state index in [2.05, 4.69) is 16.6 Å². The number of hydrogen-bond acceptors (Lipinski definition) is 3. The van der Waals surface area contributed by atoms with Gasteiger partial charge in [-0.15, -0.1) is 0 Å². The van der Waals surface area contributed by atoms with E-state index in [1.54, 1.807) is 13.0 Å². The smallest absolute Gasteiger partial charge is 0.243 e. The van der Waals surface area contributed by atoms with Crippen LogP contribution in [0, 0.1) is 12.7 Å². The second kappa shape index (κ2) is 5.83. The molecule has 0 spiro atoms. The first-order valence-electron chi connectivity index (χ1n) is 5.40. The van der Waals surface area contributed by atoms with Crippen LogP contribution in [0.5, 0.6) is 0 Å². The Morgan fingerprint density at radius 3 is 2.58 bits per heavy atom. The third kappa shape index (κ3) is 4.70. The molecular weight excluding hydrogens is 271 g/mol. The molecule has 1 amide bonds. The van der Waals surface area contributed by atoms with Gasteiger partial charge in [0, 0.05) is 6.54 Å². The van der Waals surface area contributed by atoms with E-state index in [0.29, 0.717) is 11.1 Å². The summed E-state index contributed by atoms with van der Waals surface area (Å²) in [5.74, 6) is -1.05. The van der Waals surface area contributed by atoms with E-state index < -0.39 is 15.8 Å². The van der Waals surface area contributed by atoms with E-state index in [1.807, 2.05) is 0 Å². The highest BCUT2D eigenvalue weighted by Crippen LogP contribution is 2.22. The summed E-state index contributed by atoms with van der Waals surface area (Å²) in [7, 11) is -3.54. The second-order valence-corrected chi connectivity index (χ2v) is 5.81. The number of rotatable bonds is 5. The first kappa shape index (κ1) is 15.2. The van der Waals surface area contributed by atoms with Crippen LogP contribution in [-0.4, -0.2) is 20.6 Å². The minimum atomic E-state index is -3.54. The summed E-state index contributed by atoms with van der Waals surface area (Å²) >= 11 is 0. The van der Waals surface area contributed by atoms with Gasteiger partial charge in [0.05, 0.1) is 11.9 Å². The molecule has 0 fully saturated rings. The summed E-state index contributed by atoms with van der Waals surface area (Å²) < 4.78 is 38.1. The van der Waals surface area contributed by atoms with Crippen molar-refractivity contribution < 1.29 is 17.6 Å². The van der Waals surface area contributed by atoms with Crippen LogP contribution >= 0.6 is 0 Å². The molecular formula is C12H15FN2O3S. The van der Waals surface area contributed by atoms with Crippen LogP contribution < -0.4 is 10.0 Å². The third-order valence-corrected chi connectivity index (χ3v) is 2.86. The molecule has 0 aromatic heterocycles. The minimum Gasteiger partial charge on any atom is -0.348 e. The van der Waals surface area contributed by atoms with Gasteiger partial charge in [-0.1, -0.05) is 12.6 Å². The maximum absolute atomic E-state index is 13.8. The fourth-order valence-electron chi connectivity index (χ4n) is 1.49. The molecule has 0 saturated carbocycles. The van der Waals surface area contributed by atoms with Crippen molar-refractivity contribution in [2.75, 3.05) is 11.0 Å². The first-order valence-corrected chi connectivity index (χ1v) is 7.29. The molecule has 0 radical (unpaired) electrons. The Bertz CT molecular complexity index is 588. The normalized spacial score (nSPS) is 10.9. The summed E-state index contributed by atoms with van der Waals surface area (Å²) in [4.78, 5) is 11.0. The lowest BCUT2D eigenvalue weighted by Crippen LogP contribution is -2.20. The Hall–Kier alpha value is -1.89. The van der Waals surface area contributed by atoms with E-state index in [4.69, 9.17) is 0 Å². The maximum atomic E-state index is 13.8. The number of hydrogen-bond donors (Lipinski definition) is 2. The highest BCUT2D eigenvalue weighted by atomic mass is 32.2. The summed E-state index contributed by atoms with van der Waals surface area (Å²) in [5.41, 5.74) is 0.888. The zero-order chi connectivity index (χ0) is 14.6. The summed E-state index contributed by atoms with van der Waals surface area (Å²) in [6, 6.07) is 2.77. The topological polar surface area (TPSA) is 75.3 Å². The van der Waals surface area contributed by atoms with Gasteiger partial charge in [0.25, 0.3) is 0 Å². The fourth-order valence-corrected chi connectivity index (χ4v) is 2.12. The standard InChI is InChI=1S/C12H15FN2O3S/c1-4-11(16)14-7-9-5-8(2)12(10(13)6-9)15-19(3,17)18/h4-6,15H,1,7H2,2-3H3,(H,14,16). The predicted molar refractivity (Wildman–Crippen MR) is 71.6 cm³/mol. The van der Waals surface area contributed by atoms with Crippen molar-refractivity contribution in [2.45, 2.75) is 13.5 Å². The number of sulfonamides is 1. The third-order valence-electron chi connectivity index (χ3n) is 2.29. The van der Waals surface area contributed by atoms with Gasteiger partial charge in [0.2, 0.25) is 15.9 Å². The lowest BCUT2D eigenvalue weighted by atomic mass is 10.1. The zero-order valence-electron chi connectivity index (χ0n) is 10.7. The van der Waals surface area contributed by atoms with Gasteiger partial charge >= 0.3 is 0 Å². The molecule has 1 aromatic carbocycles. The number of benzene rings is 1. The quantitative estimate of drug-likeness (QED) is 0.801. The molecule has 0 atom stereocenters. The van der Waals surface area contributed by atoms with Gasteiger partial charge in [-0.05, 0) is 30.2 Å². The number of carbonyl (C=O) groups is 1. The molecule has 7 heteroatoms. The molecule has 2 N–H and O–H groups in total. The molecule has 0 aliphatic carbocycles. The van der Waals surface area contributed by atoms with Crippen LogP contribution in [0.15, 0.2) is 24.8 Å². The Kier molecular flexibility index (Phi) is 4.66. The molecule has 0 bridgehead atoms. The predicted octanol–water partition coefficient (Wildman–Crippen LogP) is 1.31. The molecule has 5 nitrogen and oxygen atoms in total. The number of anilines is 1. The Morgan fingerprint density at radius 1 is 1.47 bits per heavy atom. The SMILES string of the molecule is C=CC(=O)NCc1cc(C)c(NS(C)(=O)=O)c(F)c1. The van der Waals surface area contributed by atoms with Gasteiger partial charge in [0.1, 0.15) is 5.82 Å². The first-order chi connectivity index (χ1) is 8.73. The van der Waals surface area contributed by atoms with Crippen LogP contribution in [0.25, 0.3) is 0 Å². The van der Waals surface area contributed by atoms with Gasteiger partial charge in [0.15, 0.2) is 0 Å². The molecule has 1 rings (SSSR count). The van der Waals surface area contributed by atoms with Crippen LogP contribution in [0.4, 0.5) is 10.1 Å². The number of amides is 1. The molecule has 0 aliphatic heterocycles. The molecule has 0 aliphatic rings. The van der Waals surface area contributed by atoms with Gasteiger partial charge in [-0.3, -0.25) is 9.52 Å². The number of carbonyl (C=O) groups excluding carboxylic acids is 1. The molecule has 19 heavy (non-hydrogen) atoms. The van der Waals surface area contributed by atoms with Gasteiger partial charge in [-0.2, -0.15) is 0 Å². The van der Waals surface area contributed by atoms with Crippen molar-refractivity contribution in [3.8, 4) is 0 Å². The Morgan fingerprint density at radius 2 is 2.11 bits per heavy atom. The number of nitrogens with one attached hydrogen (secondary N) is 2. The summed E-state index contributed by atoms with van der Waals surface area (Å²) in [6.07, 6.45) is 2.06. The fraction of sp³-hybridized carbons (Fsp3) is 0.250. The summed E-state index contributed by atoms with van der Waals surface area (Å²) in [6.45, 7) is 5.02. The lowest BCUT2D eigenvalue weighted by molar-refractivity contribution is -0.116. The van der Waals surface area contributed by atoms with Crippen molar-refractivity contribution in [2.24, 2.45) is 0 Å². The van der Waals surface area contributed by atoms with E-state index in [-0.39, 0.29) is 18.1 Å². The average molecular weight is 286 g/mol. The van der Waals surface area contributed by atoms with Gasteiger partial charge in [-0.25, -0.2) is 12.8 Å². The lowest BCUT2D eigenvalue weighted by Gasteiger charge is -2.11. The molecule has 104 valence electrons. The van der Waals surface area contributed by atoms with Crippen molar-refractivity contribution in [3.05, 3.63) is 41.7 Å². The second-order valence-electron chi connectivity index (χ2n) is 4.07. The van der Waals surface area contributed by atoms with Crippen molar-refractivity contribution in [3.63, 3.8) is 0 Å². The summed E-state index contributed by atoms with van der Waals surface area (Å²) in [5, 5.41) is 2.51. The Balaban J connectivity index is 2.97. The highest BCUT2D eigenvalue weighted by molar-refractivity contribution is 7.92. The highest BCUT2D eigenvalue weighted by Gasteiger charge is 2.12. The van der Waals surface area contributed by atoms with Crippen molar-refractivity contribution >= 4 is 21.6 Å². The van der Waals surface area contributed by atoms with Crippen LogP contribution in [0.2, 0.25) is 0 Å². The van der Waals surface area contributed by atoms with Crippen LogP contribution in [0.1, 0.15) is 11.1 Å². The van der Waals surface area contributed by atoms with E-state index in [1.165, 1.54) is 6.07 Å². The number of aryl methyl sites for hydroxylation is 1. The van der Waals surface area contributed by atoms with E-state index >= 15 is 0 Å². The van der Waals surface area contributed by atoms with E-state index in [9.17, 15) is 17.6 Å². The van der Waals surface area contributed by atoms with Crippen LogP contribution in [-0.2, 0) is 21.4 Å². The molecule has 1 aromatic rings. The molecule has 0 unspecified atom stereocenters. The Labute approximate surface area is 111 Å².